The number of carbonyl (C=O) groups excluding carboxylic acids is 2. The van der Waals surface area contributed by atoms with Gasteiger partial charge < -0.3 is 5.32 Å². The first-order valence-corrected chi connectivity index (χ1v) is 11.8. The number of amides is 3. The van der Waals surface area contributed by atoms with Gasteiger partial charge in [0, 0.05) is 16.3 Å². The Bertz CT molecular complexity index is 1460. The Kier molecular flexibility index (Phi) is 5.91. The van der Waals surface area contributed by atoms with Gasteiger partial charge in [-0.15, -0.1) is 11.3 Å². The van der Waals surface area contributed by atoms with Crippen LogP contribution < -0.4 is 10.9 Å². The predicted octanol–water partition coefficient (Wildman–Crippen LogP) is 4.56. The number of thiophene rings is 1. The fourth-order valence-corrected chi connectivity index (χ4v) is 4.73. The van der Waals surface area contributed by atoms with Gasteiger partial charge in [-0.25, -0.2) is 9.48 Å². The van der Waals surface area contributed by atoms with Gasteiger partial charge in [-0.3, -0.25) is 19.6 Å². The summed E-state index contributed by atoms with van der Waals surface area (Å²) in [7, 11) is 0. The van der Waals surface area contributed by atoms with E-state index in [4.69, 9.17) is 11.6 Å². The van der Waals surface area contributed by atoms with Crippen molar-refractivity contribution in [1.29, 1.82) is 0 Å². The van der Waals surface area contributed by atoms with Crippen LogP contribution in [0, 0.1) is 0 Å². The van der Waals surface area contributed by atoms with Crippen LogP contribution in [0.4, 0.5) is 4.79 Å². The zero-order valence-electron chi connectivity index (χ0n) is 17.8. The molecule has 0 saturated carbocycles. The van der Waals surface area contributed by atoms with Gasteiger partial charge in [0.25, 0.3) is 11.5 Å². The summed E-state index contributed by atoms with van der Waals surface area (Å²) in [6.45, 7) is 0.0754. The molecule has 1 aliphatic rings. The number of hydrogen-bond donors (Lipinski definition) is 2. The van der Waals surface area contributed by atoms with E-state index in [1.807, 2.05) is 47.8 Å². The minimum Gasteiger partial charge on any atom is -0.303 e. The zero-order chi connectivity index (χ0) is 23.7. The molecule has 170 valence electrons. The Labute approximate surface area is 203 Å². The van der Waals surface area contributed by atoms with Crippen LogP contribution in [0.1, 0.15) is 21.7 Å². The average molecular weight is 491 g/mol. The topological polar surface area (TPSA) is 87.2 Å². The normalized spacial score (nSPS) is 14.7. The maximum Gasteiger partial charge on any atom is 0.329 e. The minimum absolute atomic E-state index is 0.0516. The van der Waals surface area contributed by atoms with E-state index in [0.29, 0.717) is 28.4 Å². The number of carbonyl (C=O) groups is 2. The van der Waals surface area contributed by atoms with Crippen molar-refractivity contribution < 1.29 is 9.59 Å². The molecule has 1 saturated heterocycles. The van der Waals surface area contributed by atoms with Crippen molar-refractivity contribution >= 4 is 41.0 Å². The number of rotatable bonds is 6. The zero-order valence-corrected chi connectivity index (χ0v) is 19.4. The first kappa shape index (κ1) is 21.9. The lowest BCUT2D eigenvalue weighted by molar-refractivity contribution is -0.123. The molecule has 34 heavy (non-hydrogen) atoms. The van der Waals surface area contributed by atoms with Gasteiger partial charge in [-0.2, -0.15) is 0 Å². The molecule has 2 N–H and O–H groups in total. The molecule has 9 heteroatoms. The third-order valence-electron chi connectivity index (χ3n) is 5.43. The van der Waals surface area contributed by atoms with E-state index in [9.17, 15) is 14.4 Å². The highest BCUT2D eigenvalue weighted by Crippen LogP contribution is 2.21. The lowest BCUT2D eigenvalue weighted by Crippen LogP contribution is -2.30. The second-order valence-electron chi connectivity index (χ2n) is 7.75. The smallest absolute Gasteiger partial charge is 0.303 e. The fourth-order valence-electron chi connectivity index (χ4n) is 3.80. The lowest BCUT2D eigenvalue weighted by Gasteiger charge is -2.11. The number of H-pyrrole nitrogens is 1. The largest absolute Gasteiger partial charge is 0.329 e. The van der Waals surface area contributed by atoms with Crippen LogP contribution >= 0.6 is 22.9 Å². The second kappa shape index (κ2) is 9.17. The van der Waals surface area contributed by atoms with Crippen molar-refractivity contribution in [2.75, 3.05) is 0 Å². The second-order valence-corrected chi connectivity index (χ2v) is 9.21. The Hall–Kier alpha value is -3.88. The van der Waals surface area contributed by atoms with E-state index in [-0.39, 0.29) is 17.8 Å². The molecule has 3 heterocycles. The van der Waals surface area contributed by atoms with E-state index in [0.717, 1.165) is 15.3 Å². The van der Waals surface area contributed by atoms with Crippen molar-refractivity contribution in [1.82, 2.24) is 20.0 Å². The molecule has 3 amide bonds. The molecule has 2 aromatic heterocycles. The van der Waals surface area contributed by atoms with Crippen molar-refractivity contribution in [2.45, 2.75) is 13.0 Å². The summed E-state index contributed by atoms with van der Waals surface area (Å²) in [5.41, 5.74) is 2.12. The molecule has 0 atom stereocenters. The Balaban J connectivity index is 1.52. The van der Waals surface area contributed by atoms with Crippen molar-refractivity contribution in [3.05, 3.63) is 115 Å². The molecule has 0 aliphatic carbocycles. The van der Waals surface area contributed by atoms with Gasteiger partial charge in [0.2, 0.25) is 0 Å². The number of hydrogen-bond acceptors (Lipinski definition) is 4. The van der Waals surface area contributed by atoms with E-state index in [1.54, 1.807) is 35.6 Å². The Morgan fingerprint density at radius 3 is 2.53 bits per heavy atom. The molecule has 0 radical (unpaired) electrons. The number of nitrogens with zero attached hydrogens (tertiary/aromatic N) is 2. The van der Waals surface area contributed by atoms with Crippen LogP contribution in [0.2, 0.25) is 5.02 Å². The summed E-state index contributed by atoms with van der Waals surface area (Å²) >= 11 is 7.61. The van der Waals surface area contributed by atoms with Crippen molar-refractivity contribution in [3.8, 4) is 5.69 Å². The molecule has 4 aromatic rings. The molecule has 0 spiro atoms. The first-order valence-electron chi connectivity index (χ1n) is 10.5. The lowest BCUT2D eigenvalue weighted by atomic mass is 10.1. The van der Waals surface area contributed by atoms with Crippen LogP contribution in [-0.4, -0.2) is 26.6 Å². The highest BCUT2D eigenvalue weighted by atomic mass is 35.5. The molecular formula is C25H19ClN4O3S. The van der Waals surface area contributed by atoms with Crippen LogP contribution in [0.15, 0.2) is 82.6 Å². The predicted molar refractivity (Wildman–Crippen MR) is 132 cm³/mol. The van der Waals surface area contributed by atoms with Crippen LogP contribution in [0.25, 0.3) is 11.8 Å². The van der Waals surface area contributed by atoms with E-state index >= 15 is 0 Å². The number of nitrogens with one attached hydrogen (secondary N) is 2. The number of urea groups is 1. The summed E-state index contributed by atoms with van der Waals surface area (Å²) in [5, 5.41) is 8.27. The summed E-state index contributed by atoms with van der Waals surface area (Å²) in [6.07, 6.45) is 1.94. The highest BCUT2D eigenvalue weighted by Gasteiger charge is 2.34. The molecule has 2 aromatic carbocycles. The molecular weight excluding hydrogens is 472 g/mol. The number of benzene rings is 2. The van der Waals surface area contributed by atoms with Gasteiger partial charge in [-0.05, 0) is 47.4 Å². The van der Waals surface area contributed by atoms with Crippen molar-refractivity contribution in [3.63, 3.8) is 0 Å². The number of para-hydroxylation sites is 1. The summed E-state index contributed by atoms with van der Waals surface area (Å²) in [5.74, 6) is -0.501. The number of aromatic amines is 1. The Morgan fingerprint density at radius 2 is 1.79 bits per heavy atom. The number of halogens is 1. The molecule has 1 aliphatic heterocycles. The Morgan fingerprint density at radius 1 is 0.971 bits per heavy atom. The summed E-state index contributed by atoms with van der Waals surface area (Å²) in [6, 6.07) is 19.5. The molecule has 0 bridgehead atoms. The third kappa shape index (κ3) is 4.33. The van der Waals surface area contributed by atoms with Crippen LogP contribution in [0.5, 0.6) is 0 Å². The van der Waals surface area contributed by atoms with Gasteiger partial charge in [-0.1, -0.05) is 48.0 Å². The van der Waals surface area contributed by atoms with Gasteiger partial charge in [0.15, 0.2) is 0 Å². The SMILES string of the molecule is O=C1NC(=Cc2c(Cc3cccs3)[nH]n(-c3ccccc3)c2=O)C(=O)N1Cc1cccc(Cl)c1. The van der Waals surface area contributed by atoms with Crippen LogP contribution in [-0.2, 0) is 17.8 Å². The van der Waals surface area contributed by atoms with E-state index in [2.05, 4.69) is 10.4 Å². The average Bonchev–Trinajstić information content (AvgIpc) is 3.52. The maximum atomic E-state index is 13.3. The van der Waals surface area contributed by atoms with E-state index in [1.165, 1.54) is 10.8 Å². The maximum absolute atomic E-state index is 13.3. The number of aromatic nitrogens is 2. The minimum atomic E-state index is -0.546. The van der Waals surface area contributed by atoms with Gasteiger partial charge in [0.05, 0.1) is 23.5 Å². The quantitative estimate of drug-likeness (QED) is 0.307. The van der Waals surface area contributed by atoms with E-state index < -0.39 is 11.9 Å². The monoisotopic (exact) mass is 490 g/mol. The molecule has 1 fully saturated rings. The molecule has 5 rings (SSSR count). The third-order valence-corrected chi connectivity index (χ3v) is 6.54. The molecule has 0 unspecified atom stereocenters. The van der Waals surface area contributed by atoms with Crippen LogP contribution in [0.3, 0.4) is 0 Å². The fraction of sp³-hybridized carbons (Fsp3) is 0.0800. The summed E-state index contributed by atoms with van der Waals surface area (Å²) < 4.78 is 1.44. The van der Waals surface area contributed by atoms with Gasteiger partial charge >= 0.3 is 6.03 Å². The standard InChI is InChI=1S/C25H19ClN4O3S/c26-17-7-4-6-16(12-17)15-29-24(32)22(27-25(29)33)14-20-21(13-19-10-5-11-34-19)28-30(23(20)31)18-8-2-1-3-9-18/h1-12,14,28H,13,15H2,(H,27,33). The molecule has 7 nitrogen and oxygen atoms in total. The number of imide groups is 1. The van der Waals surface area contributed by atoms with Crippen molar-refractivity contribution in [2.24, 2.45) is 0 Å². The van der Waals surface area contributed by atoms with Gasteiger partial charge in [0.1, 0.15) is 5.70 Å². The summed E-state index contributed by atoms with van der Waals surface area (Å²) in [4.78, 5) is 41.1. The first-order chi connectivity index (χ1) is 16.5. The highest BCUT2D eigenvalue weighted by molar-refractivity contribution is 7.09.